The number of ether oxygens (including phenoxy) is 1. The van der Waals surface area contributed by atoms with E-state index in [-0.39, 0.29) is 6.03 Å². The number of nitrogens with zero attached hydrogens (tertiary/aromatic N) is 2. The van der Waals surface area contributed by atoms with E-state index in [1.807, 2.05) is 12.1 Å². The first kappa shape index (κ1) is 15.1. The number of hydrogen-bond acceptors (Lipinski definition) is 3. The third-order valence-corrected chi connectivity index (χ3v) is 4.74. The number of anilines is 1. The van der Waals surface area contributed by atoms with Crippen molar-refractivity contribution in [3.05, 3.63) is 59.5 Å². The lowest BCUT2D eigenvalue weighted by atomic mass is 9.94. The van der Waals surface area contributed by atoms with Crippen molar-refractivity contribution in [2.45, 2.75) is 18.4 Å². The average Bonchev–Trinajstić information content (AvgIpc) is 2.95. The minimum atomic E-state index is -0.430. The van der Waals surface area contributed by atoms with E-state index in [1.165, 1.54) is 23.3 Å². The lowest BCUT2D eigenvalue weighted by Gasteiger charge is -2.41. The van der Waals surface area contributed by atoms with Gasteiger partial charge in [-0.05, 0) is 36.1 Å². The van der Waals surface area contributed by atoms with Gasteiger partial charge in [-0.25, -0.2) is 14.2 Å². The van der Waals surface area contributed by atoms with Gasteiger partial charge in [-0.2, -0.15) is 0 Å². The predicted molar refractivity (Wildman–Crippen MR) is 87.2 cm³/mol. The van der Waals surface area contributed by atoms with Crippen molar-refractivity contribution in [1.82, 2.24) is 9.88 Å². The third kappa shape index (κ3) is 2.63. The van der Waals surface area contributed by atoms with Crippen LogP contribution in [0.15, 0.2) is 42.6 Å². The van der Waals surface area contributed by atoms with Crippen LogP contribution in [0.5, 0.6) is 0 Å². The fourth-order valence-corrected chi connectivity index (χ4v) is 3.56. The van der Waals surface area contributed by atoms with Crippen molar-refractivity contribution < 1.29 is 13.9 Å². The molecule has 24 heavy (non-hydrogen) atoms. The number of aromatic nitrogens is 1. The molecular formula is C18H18FN3O2. The summed E-state index contributed by atoms with van der Waals surface area (Å²) in [6.45, 7) is 1.53. The van der Waals surface area contributed by atoms with E-state index in [0.29, 0.717) is 25.5 Å². The third-order valence-electron chi connectivity index (χ3n) is 4.74. The van der Waals surface area contributed by atoms with E-state index in [0.717, 1.165) is 19.0 Å². The van der Waals surface area contributed by atoms with Crippen molar-refractivity contribution in [2.75, 3.05) is 25.0 Å². The summed E-state index contributed by atoms with van der Waals surface area (Å²) in [6, 6.07) is 10.7. The summed E-state index contributed by atoms with van der Waals surface area (Å²) in [4.78, 5) is 18.1. The fraction of sp³-hybridized carbons (Fsp3) is 0.333. The van der Waals surface area contributed by atoms with Crippen LogP contribution in [0, 0.1) is 5.82 Å². The minimum absolute atomic E-state index is 0.235. The number of aryl methyl sites for hydroxylation is 1. The number of morpholine rings is 1. The molecule has 6 heteroatoms. The largest absolute Gasteiger partial charge is 0.367 e. The highest BCUT2D eigenvalue weighted by molar-refractivity contribution is 5.88. The van der Waals surface area contributed by atoms with E-state index < -0.39 is 11.4 Å². The average molecular weight is 327 g/mol. The molecule has 1 aliphatic heterocycles. The van der Waals surface area contributed by atoms with Gasteiger partial charge in [-0.3, -0.25) is 5.32 Å². The molecule has 2 aromatic rings. The maximum absolute atomic E-state index is 12.9. The van der Waals surface area contributed by atoms with Gasteiger partial charge in [0.1, 0.15) is 17.2 Å². The Morgan fingerprint density at radius 2 is 2.17 bits per heavy atom. The van der Waals surface area contributed by atoms with Crippen LogP contribution in [0.2, 0.25) is 0 Å². The molecule has 2 heterocycles. The number of hydrogen-bond donors (Lipinski definition) is 1. The maximum atomic E-state index is 12.9. The Balaban J connectivity index is 1.51. The van der Waals surface area contributed by atoms with Gasteiger partial charge in [0, 0.05) is 6.54 Å². The number of benzene rings is 1. The first-order chi connectivity index (χ1) is 11.7. The Kier molecular flexibility index (Phi) is 3.69. The first-order valence-corrected chi connectivity index (χ1v) is 8.06. The zero-order chi connectivity index (χ0) is 16.6. The summed E-state index contributed by atoms with van der Waals surface area (Å²) in [5, 5.41) is 2.72. The number of amides is 2. The lowest BCUT2D eigenvalue weighted by Crippen LogP contribution is -2.52. The molecule has 124 valence electrons. The number of urea groups is 1. The van der Waals surface area contributed by atoms with E-state index >= 15 is 0 Å². The quantitative estimate of drug-likeness (QED) is 0.876. The smallest absolute Gasteiger partial charge is 0.323 e. The Morgan fingerprint density at radius 3 is 3.00 bits per heavy atom. The van der Waals surface area contributed by atoms with E-state index in [1.54, 1.807) is 4.90 Å². The molecule has 0 radical (unpaired) electrons. The maximum Gasteiger partial charge on any atom is 0.323 e. The number of fused-ring (bicyclic) bond motifs is 2. The molecule has 0 saturated carbocycles. The van der Waals surface area contributed by atoms with Gasteiger partial charge in [0.05, 0.1) is 19.3 Å². The monoisotopic (exact) mass is 327 g/mol. The zero-order valence-electron chi connectivity index (χ0n) is 13.2. The van der Waals surface area contributed by atoms with E-state index in [9.17, 15) is 9.18 Å². The molecule has 0 bridgehead atoms. The van der Waals surface area contributed by atoms with Crippen LogP contribution in [0.25, 0.3) is 0 Å². The highest BCUT2D eigenvalue weighted by Crippen LogP contribution is 2.42. The van der Waals surface area contributed by atoms with Crippen LogP contribution >= 0.6 is 0 Å². The Hall–Kier alpha value is -2.47. The molecule has 1 atom stereocenters. The van der Waals surface area contributed by atoms with Gasteiger partial charge in [0.15, 0.2) is 0 Å². The number of carbonyl (C=O) groups is 1. The Labute approximate surface area is 139 Å². The Morgan fingerprint density at radius 1 is 1.29 bits per heavy atom. The molecule has 2 amide bonds. The summed E-state index contributed by atoms with van der Waals surface area (Å²) in [7, 11) is 0. The van der Waals surface area contributed by atoms with Crippen LogP contribution in [0.4, 0.5) is 15.0 Å². The van der Waals surface area contributed by atoms with Crippen molar-refractivity contribution in [2.24, 2.45) is 0 Å². The van der Waals surface area contributed by atoms with E-state index in [4.69, 9.17) is 4.74 Å². The number of nitrogens with one attached hydrogen (secondary N) is 1. The molecule has 0 unspecified atom stereocenters. The number of pyridine rings is 1. The molecule has 1 fully saturated rings. The predicted octanol–water partition coefficient (Wildman–Crippen LogP) is 2.93. The fourth-order valence-electron chi connectivity index (χ4n) is 3.56. The summed E-state index contributed by atoms with van der Waals surface area (Å²) >= 11 is 0. The van der Waals surface area contributed by atoms with Gasteiger partial charge in [0.25, 0.3) is 0 Å². The van der Waals surface area contributed by atoms with Crippen LogP contribution in [-0.2, 0) is 16.8 Å². The number of carbonyl (C=O) groups excluding carboxylic acids is 1. The van der Waals surface area contributed by atoms with Crippen molar-refractivity contribution in [1.29, 1.82) is 0 Å². The Bertz CT molecular complexity index is 761. The summed E-state index contributed by atoms with van der Waals surface area (Å²) in [5.41, 5.74) is 2.06. The van der Waals surface area contributed by atoms with Gasteiger partial charge in [0.2, 0.25) is 0 Å². The summed E-state index contributed by atoms with van der Waals surface area (Å²) in [5.74, 6) is -0.0883. The summed E-state index contributed by atoms with van der Waals surface area (Å²) < 4.78 is 19.0. The van der Waals surface area contributed by atoms with Crippen molar-refractivity contribution >= 4 is 11.8 Å². The molecule has 1 aromatic carbocycles. The normalized spacial score (nSPS) is 22.5. The van der Waals surface area contributed by atoms with Crippen molar-refractivity contribution in [3.8, 4) is 0 Å². The number of halogens is 1. The molecule has 1 saturated heterocycles. The highest BCUT2D eigenvalue weighted by Gasteiger charge is 2.44. The van der Waals surface area contributed by atoms with Crippen LogP contribution in [-0.4, -0.2) is 35.6 Å². The lowest BCUT2D eigenvalue weighted by molar-refractivity contribution is -0.100. The SMILES string of the molecule is O=C(Nc1ccc(F)cn1)N1CCO[C@@]2(CCc3ccccc32)C1. The molecule has 5 nitrogen and oxygen atoms in total. The molecular weight excluding hydrogens is 309 g/mol. The molecule has 1 aliphatic carbocycles. The molecule has 2 aliphatic rings. The standard InChI is InChI=1S/C18H18FN3O2/c19-14-5-6-16(20-11-14)21-17(23)22-9-10-24-18(12-22)8-7-13-3-1-2-4-15(13)18/h1-6,11H,7-10,12H2,(H,20,21,23)/t18-/m0/s1. The first-order valence-electron chi connectivity index (χ1n) is 8.06. The highest BCUT2D eigenvalue weighted by atomic mass is 19.1. The van der Waals surface area contributed by atoms with Gasteiger partial charge >= 0.3 is 6.03 Å². The molecule has 4 rings (SSSR count). The second-order valence-corrected chi connectivity index (χ2v) is 6.21. The van der Waals surface area contributed by atoms with E-state index in [2.05, 4.69) is 22.4 Å². The molecule has 1 aromatic heterocycles. The van der Waals surface area contributed by atoms with Gasteiger partial charge in [-0.15, -0.1) is 0 Å². The summed E-state index contributed by atoms with van der Waals surface area (Å²) in [6.07, 6.45) is 2.93. The van der Waals surface area contributed by atoms with Gasteiger partial charge in [-0.1, -0.05) is 24.3 Å². The van der Waals surface area contributed by atoms with Crippen LogP contribution in [0.1, 0.15) is 17.5 Å². The second kappa shape index (κ2) is 5.87. The minimum Gasteiger partial charge on any atom is -0.367 e. The molecule has 1 N–H and O–H groups in total. The van der Waals surface area contributed by atoms with Crippen LogP contribution in [0.3, 0.4) is 0 Å². The van der Waals surface area contributed by atoms with Crippen LogP contribution < -0.4 is 5.32 Å². The van der Waals surface area contributed by atoms with Gasteiger partial charge < -0.3 is 9.64 Å². The topological polar surface area (TPSA) is 54.5 Å². The van der Waals surface area contributed by atoms with Crippen molar-refractivity contribution in [3.63, 3.8) is 0 Å². The molecule has 1 spiro atoms. The second-order valence-electron chi connectivity index (χ2n) is 6.21. The zero-order valence-corrected chi connectivity index (χ0v) is 13.2. The number of rotatable bonds is 1.